The van der Waals surface area contributed by atoms with E-state index in [4.69, 9.17) is 22.7 Å². The third kappa shape index (κ3) is 5.08. The van der Waals surface area contributed by atoms with Gasteiger partial charge in [0.2, 0.25) is 0 Å². The molecule has 0 aliphatic carbocycles. The van der Waals surface area contributed by atoms with Gasteiger partial charge in [0.15, 0.2) is 0 Å². The highest BCUT2D eigenvalue weighted by molar-refractivity contribution is 6.30. The van der Waals surface area contributed by atoms with Gasteiger partial charge in [-0.3, -0.25) is 5.41 Å². The van der Waals surface area contributed by atoms with E-state index in [1.165, 1.54) is 4.90 Å². The molecule has 0 aromatic heterocycles. The zero-order chi connectivity index (χ0) is 14.6. The van der Waals surface area contributed by atoms with Crippen LogP contribution in [0.3, 0.4) is 0 Å². The molecule has 0 saturated heterocycles. The molecule has 3 nitrogen and oxygen atoms in total. The lowest BCUT2D eigenvalue weighted by atomic mass is 10.1. The molecule has 1 atom stereocenters. The van der Waals surface area contributed by atoms with E-state index in [-0.39, 0.29) is 6.54 Å². The summed E-state index contributed by atoms with van der Waals surface area (Å²) in [5.41, 5.74) is 5.85. The highest BCUT2D eigenvalue weighted by Gasteiger charge is 2.42. The van der Waals surface area contributed by atoms with Crippen LogP contribution in [0.25, 0.3) is 0 Å². The summed E-state index contributed by atoms with van der Waals surface area (Å²) < 4.78 is 38.0. The molecule has 1 aromatic rings. The number of rotatable bonds is 5. The maximum atomic E-state index is 12.7. The molecular weight excluding hydrogens is 279 g/mol. The molecule has 0 spiro atoms. The monoisotopic (exact) mass is 293 g/mol. The van der Waals surface area contributed by atoms with E-state index in [9.17, 15) is 13.2 Å². The van der Waals surface area contributed by atoms with Crippen molar-refractivity contribution in [2.75, 3.05) is 13.6 Å². The summed E-state index contributed by atoms with van der Waals surface area (Å²) in [5, 5.41) is 7.59. The van der Waals surface area contributed by atoms with Gasteiger partial charge in [-0.15, -0.1) is 0 Å². The summed E-state index contributed by atoms with van der Waals surface area (Å²) in [6.45, 7) is -0.0154. The van der Waals surface area contributed by atoms with Crippen LogP contribution < -0.4 is 5.73 Å². The molecular formula is C12H15ClF3N3. The second kappa shape index (κ2) is 6.25. The Labute approximate surface area is 114 Å². The Hall–Kier alpha value is -1.27. The molecule has 0 radical (unpaired) electrons. The molecule has 19 heavy (non-hydrogen) atoms. The van der Waals surface area contributed by atoms with Gasteiger partial charge in [-0.05, 0) is 24.7 Å². The van der Waals surface area contributed by atoms with Crippen LogP contribution in [0.4, 0.5) is 13.2 Å². The zero-order valence-electron chi connectivity index (χ0n) is 10.3. The molecule has 0 amide bonds. The summed E-state index contributed by atoms with van der Waals surface area (Å²) in [4.78, 5) is 1.47. The Bertz CT molecular complexity index is 431. The number of nitrogens with one attached hydrogen (secondary N) is 1. The number of alkyl halides is 3. The molecule has 0 aliphatic heterocycles. The maximum absolute atomic E-state index is 12.7. The van der Waals surface area contributed by atoms with Crippen molar-refractivity contribution in [2.24, 2.45) is 11.7 Å². The summed E-state index contributed by atoms with van der Waals surface area (Å²) >= 11 is 5.73. The molecule has 1 unspecified atom stereocenters. The summed E-state index contributed by atoms with van der Waals surface area (Å²) in [7, 11) is 1.55. The van der Waals surface area contributed by atoms with Gasteiger partial charge >= 0.3 is 6.18 Å². The number of amidine groups is 1. The van der Waals surface area contributed by atoms with E-state index in [1.807, 2.05) is 0 Å². The summed E-state index contributed by atoms with van der Waals surface area (Å²) in [6.07, 6.45) is -4.50. The van der Waals surface area contributed by atoms with Gasteiger partial charge in [-0.25, -0.2) is 0 Å². The Morgan fingerprint density at radius 2 is 1.89 bits per heavy atom. The molecule has 3 N–H and O–H groups in total. The molecule has 0 aliphatic rings. The molecule has 1 aromatic carbocycles. The molecule has 0 bridgehead atoms. The number of hydrogen-bond donors (Lipinski definition) is 2. The minimum atomic E-state index is -4.50. The second-order valence-corrected chi connectivity index (χ2v) is 4.81. The first-order chi connectivity index (χ1) is 8.70. The van der Waals surface area contributed by atoms with Gasteiger partial charge in [0, 0.05) is 18.1 Å². The Kier molecular flexibility index (Phi) is 5.20. The predicted octanol–water partition coefficient (Wildman–Crippen LogP) is 2.89. The third-order valence-corrected chi connectivity index (χ3v) is 2.88. The molecule has 0 fully saturated rings. The zero-order valence-corrected chi connectivity index (χ0v) is 11.1. The average molecular weight is 294 g/mol. The van der Waals surface area contributed by atoms with Crippen LogP contribution in [-0.4, -0.2) is 30.5 Å². The number of hydrogen-bond acceptors (Lipinski definition) is 2. The van der Waals surface area contributed by atoms with Crippen molar-refractivity contribution in [2.45, 2.75) is 12.7 Å². The van der Waals surface area contributed by atoms with Crippen molar-refractivity contribution >= 4 is 17.4 Å². The minimum Gasteiger partial charge on any atom is -0.387 e. The Balaban J connectivity index is 2.65. The highest BCUT2D eigenvalue weighted by Crippen LogP contribution is 2.27. The van der Waals surface area contributed by atoms with E-state index in [0.29, 0.717) is 11.6 Å². The molecule has 0 saturated carbocycles. The average Bonchev–Trinajstić information content (AvgIpc) is 2.27. The van der Waals surface area contributed by atoms with Gasteiger partial charge in [-0.2, -0.15) is 13.2 Å². The highest BCUT2D eigenvalue weighted by atomic mass is 35.5. The first-order valence-electron chi connectivity index (χ1n) is 5.53. The Morgan fingerprint density at radius 1 is 1.37 bits per heavy atom. The topological polar surface area (TPSA) is 53.1 Å². The quantitative estimate of drug-likeness (QED) is 0.648. The second-order valence-electron chi connectivity index (χ2n) is 4.37. The standard InChI is InChI=1S/C12H15ClF3N3/c1-19(6-8-2-4-9(13)5-3-8)7-10(11(17)18)12(14,15)16/h2-5,10H,6-7H2,1H3,(H3,17,18). The van der Waals surface area contributed by atoms with E-state index in [0.717, 1.165) is 5.56 Å². The van der Waals surface area contributed by atoms with Crippen LogP contribution in [0, 0.1) is 11.3 Å². The van der Waals surface area contributed by atoms with Crippen LogP contribution in [0.15, 0.2) is 24.3 Å². The lowest BCUT2D eigenvalue weighted by molar-refractivity contribution is -0.159. The molecule has 7 heteroatoms. The molecule has 1 rings (SSSR count). The van der Waals surface area contributed by atoms with Gasteiger partial charge in [0.25, 0.3) is 0 Å². The number of nitrogens with zero attached hydrogens (tertiary/aromatic N) is 1. The predicted molar refractivity (Wildman–Crippen MR) is 69.2 cm³/mol. The van der Waals surface area contributed by atoms with Crippen molar-refractivity contribution in [3.8, 4) is 0 Å². The minimum absolute atomic E-state index is 0.330. The van der Waals surface area contributed by atoms with Crippen molar-refractivity contribution in [3.63, 3.8) is 0 Å². The molecule has 106 valence electrons. The van der Waals surface area contributed by atoms with Crippen LogP contribution in [0.5, 0.6) is 0 Å². The first kappa shape index (κ1) is 15.8. The Morgan fingerprint density at radius 3 is 2.32 bits per heavy atom. The number of benzene rings is 1. The smallest absolute Gasteiger partial charge is 0.387 e. The lowest BCUT2D eigenvalue weighted by Crippen LogP contribution is -2.42. The van der Waals surface area contributed by atoms with Crippen LogP contribution in [0.2, 0.25) is 5.02 Å². The fourth-order valence-electron chi connectivity index (χ4n) is 1.66. The number of halogens is 4. The van der Waals surface area contributed by atoms with Crippen molar-refractivity contribution in [3.05, 3.63) is 34.9 Å². The van der Waals surface area contributed by atoms with Crippen LogP contribution in [-0.2, 0) is 6.54 Å². The maximum Gasteiger partial charge on any atom is 0.399 e. The summed E-state index contributed by atoms with van der Waals surface area (Å²) in [6, 6.07) is 6.85. The normalized spacial score (nSPS) is 13.6. The van der Waals surface area contributed by atoms with Gasteiger partial charge in [0.1, 0.15) is 11.8 Å². The first-order valence-corrected chi connectivity index (χ1v) is 5.91. The van der Waals surface area contributed by atoms with E-state index in [1.54, 1.807) is 31.3 Å². The van der Waals surface area contributed by atoms with Crippen LogP contribution >= 0.6 is 11.6 Å². The van der Waals surface area contributed by atoms with E-state index >= 15 is 0 Å². The van der Waals surface area contributed by atoms with Crippen LogP contribution in [0.1, 0.15) is 5.56 Å². The van der Waals surface area contributed by atoms with Gasteiger partial charge < -0.3 is 10.6 Å². The van der Waals surface area contributed by atoms with Gasteiger partial charge in [-0.1, -0.05) is 23.7 Å². The van der Waals surface area contributed by atoms with Crippen molar-refractivity contribution < 1.29 is 13.2 Å². The largest absolute Gasteiger partial charge is 0.399 e. The number of nitrogens with two attached hydrogens (primary N) is 1. The van der Waals surface area contributed by atoms with E-state index < -0.39 is 17.9 Å². The fraction of sp³-hybridized carbons (Fsp3) is 0.417. The third-order valence-electron chi connectivity index (χ3n) is 2.63. The fourth-order valence-corrected chi connectivity index (χ4v) is 1.78. The SMILES string of the molecule is CN(Cc1ccc(Cl)cc1)CC(C(=N)N)C(F)(F)F. The lowest BCUT2D eigenvalue weighted by Gasteiger charge is -2.25. The van der Waals surface area contributed by atoms with Crippen molar-refractivity contribution in [1.29, 1.82) is 5.41 Å². The van der Waals surface area contributed by atoms with Crippen molar-refractivity contribution in [1.82, 2.24) is 4.90 Å². The molecule has 0 heterocycles. The van der Waals surface area contributed by atoms with E-state index in [2.05, 4.69) is 0 Å². The van der Waals surface area contributed by atoms with Gasteiger partial charge in [0.05, 0.1) is 0 Å². The summed E-state index contributed by atoms with van der Waals surface area (Å²) in [5.74, 6) is -2.81.